The first kappa shape index (κ1) is 14.7. The molecule has 0 aliphatic heterocycles. The van der Waals surface area contributed by atoms with E-state index in [-0.39, 0.29) is 0 Å². The minimum absolute atomic E-state index is 0.726. The van der Waals surface area contributed by atoms with Gasteiger partial charge in [0.25, 0.3) is 0 Å². The molecule has 0 heterocycles. The molecule has 0 unspecified atom stereocenters. The zero-order chi connectivity index (χ0) is 14.4. The molecule has 108 valence electrons. The van der Waals surface area contributed by atoms with Crippen LogP contribution in [-0.2, 0) is 0 Å². The van der Waals surface area contributed by atoms with Gasteiger partial charge in [0.2, 0.25) is 0 Å². The molecule has 0 saturated carbocycles. The first-order valence-electron chi connectivity index (χ1n) is 7.38. The van der Waals surface area contributed by atoms with Gasteiger partial charge in [-0.25, -0.2) is 0 Å². The first-order valence-corrected chi connectivity index (χ1v) is 7.38. The molecule has 0 aliphatic rings. The Hall–Kier alpha value is -1.74. The Morgan fingerprint density at radius 2 is 1.75 bits per heavy atom. The fraction of sp³-hybridized carbons (Fsp3) is 0.412. The van der Waals surface area contributed by atoms with Crippen molar-refractivity contribution in [3.05, 3.63) is 36.4 Å². The summed E-state index contributed by atoms with van der Waals surface area (Å²) in [5.41, 5.74) is 6.84. The molecule has 0 amide bonds. The molecule has 0 saturated heterocycles. The van der Waals surface area contributed by atoms with Crippen LogP contribution in [0, 0.1) is 0 Å². The highest BCUT2D eigenvalue weighted by atomic mass is 16.5. The number of ether oxygens (including phenoxy) is 1. The quantitative estimate of drug-likeness (QED) is 0.619. The maximum atomic E-state index is 6.06. The molecule has 2 aromatic rings. The number of nitrogen functional groups attached to an aromatic ring is 1. The Kier molecular flexibility index (Phi) is 5.24. The third-order valence-electron chi connectivity index (χ3n) is 3.67. The highest BCUT2D eigenvalue weighted by Gasteiger charge is 2.05. The smallest absolute Gasteiger partial charge is 0.129 e. The predicted molar refractivity (Wildman–Crippen MR) is 86.3 cm³/mol. The van der Waals surface area contributed by atoms with Gasteiger partial charge in [0, 0.05) is 17.6 Å². The van der Waals surface area contributed by atoms with Gasteiger partial charge in [-0.2, -0.15) is 0 Å². The number of nitrogens with two attached hydrogens (primary N) is 1. The van der Waals surface area contributed by atoms with Crippen molar-refractivity contribution in [3.8, 4) is 5.75 Å². The molecule has 2 N–H and O–H groups in total. The van der Waals surface area contributed by atoms with E-state index >= 15 is 0 Å². The van der Waals surface area contributed by atoms with Crippen LogP contribution in [0.4, 0.5) is 5.69 Å². The maximum absolute atomic E-state index is 6.06. The third-order valence-corrected chi connectivity index (χ3v) is 3.67. The van der Waals surface area contributed by atoms with Gasteiger partial charge >= 0.3 is 0 Å². The molecule has 3 heteroatoms. The first-order chi connectivity index (χ1) is 9.76. The summed E-state index contributed by atoms with van der Waals surface area (Å²) in [5, 5.41) is 2.16. The third kappa shape index (κ3) is 3.42. The Bertz CT molecular complexity index is 544. The minimum atomic E-state index is 0.726. The summed E-state index contributed by atoms with van der Waals surface area (Å²) in [5.74, 6) is 0.889. The molecule has 0 atom stereocenters. The molecule has 0 aromatic heterocycles. The van der Waals surface area contributed by atoms with Crippen LogP contribution in [0.5, 0.6) is 5.75 Å². The molecule has 0 aliphatic carbocycles. The van der Waals surface area contributed by atoms with Gasteiger partial charge < -0.3 is 15.4 Å². The summed E-state index contributed by atoms with van der Waals surface area (Å²) in [4.78, 5) is 2.40. The van der Waals surface area contributed by atoms with Crippen LogP contribution < -0.4 is 10.5 Å². The fourth-order valence-electron chi connectivity index (χ4n) is 2.47. The largest absolute Gasteiger partial charge is 0.493 e. The van der Waals surface area contributed by atoms with Crippen molar-refractivity contribution < 1.29 is 4.74 Å². The highest BCUT2D eigenvalue weighted by Crippen LogP contribution is 2.30. The van der Waals surface area contributed by atoms with Gasteiger partial charge in [-0.3, -0.25) is 0 Å². The van der Waals surface area contributed by atoms with E-state index in [0.717, 1.165) is 54.9 Å². The number of hydrogen-bond acceptors (Lipinski definition) is 3. The van der Waals surface area contributed by atoms with Crippen molar-refractivity contribution in [1.29, 1.82) is 0 Å². The summed E-state index contributed by atoms with van der Waals surface area (Å²) in [7, 11) is 0. The number of benzene rings is 2. The normalized spacial score (nSPS) is 11.2. The number of rotatable bonds is 7. The van der Waals surface area contributed by atoms with Crippen LogP contribution in [-0.4, -0.2) is 31.1 Å². The molecule has 0 radical (unpaired) electrons. The summed E-state index contributed by atoms with van der Waals surface area (Å²) in [6, 6.07) is 12.0. The van der Waals surface area contributed by atoms with Crippen LogP contribution in [0.25, 0.3) is 10.8 Å². The monoisotopic (exact) mass is 272 g/mol. The fourth-order valence-corrected chi connectivity index (χ4v) is 2.47. The summed E-state index contributed by atoms with van der Waals surface area (Å²) < 4.78 is 5.93. The lowest BCUT2D eigenvalue weighted by Gasteiger charge is -2.18. The van der Waals surface area contributed by atoms with E-state index in [1.54, 1.807) is 0 Å². The lowest BCUT2D eigenvalue weighted by atomic mass is 10.1. The molecule has 2 rings (SSSR count). The van der Waals surface area contributed by atoms with Crippen LogP contribution in [0.2, 0.25) is 0 Å². The van der Waals surface area contributed by atoms with Gasteiger partial charge in [-0.05, 0) is 37.0 Å². The molecular weight excluding hydrogens is 248 g/mol. The standard InChI is InChI=1S/C17H24N2O/c1-3-19(4-2)12-7-13-20-16-11-6-9-14-8-5-10-15(18)17(14)16/h5-6,8-11H,3-4,7,12-13,18H2,1-2H3. The maximum Gasteiger partial charge on any atom is 0.129 e. The van der Waals surface area contributed by atoms with E-state index < -0.39 is 0 Å². The number of anilines is 1. The second-order valence-corrected chi connectivity index (χ2v) is 4.93. The van der Waals surface area contributed by atoms with E-state index in [4.69, 9.17) is 10.5 Å². The van der Waals surface area contributed by atoms with E-state index in [2.05, 4.69) is 30.9 Å². The number of nitrogens with zero attached hydrogens (tertiary/aromatic N) is 1. The average Bonchev–Trinajstić information content (AvgIpc) is 2.47. The lowest BCUT2D eigenvalue weighted by Crippen LogP contribution is -2.25. The molecule has 20 heavy (non-hydrogen) atoms. The molecular formula is C17H24N2O. The molecule has 0 fully saturated rings. The second-order valence-electron chi connectivity index (χ2n) is 4.93. The van der Waals surface area contributed by atoms with Crippen LogP contribution in [0.15, 0.2) is 36.4 Å². The predicted octanol–water partition coefficient (Wildman–Crippen LogP) is 3.53. The second kappa shape index (κ2) is 7.15. The summed E-state index contributed by atoms with van der Waals surface area (Å²) in [6.07, 6.45) is 1.03. The Morgan fingerprint density at radius 1 is 1.05 bits per heavy atom. The van der Waals surface area contributed by atoms with Gasteiger partial charge in [0.1, 0.15) is 5.75 Å². The number of fused-ring (bicyclic) bond motifs is 1. The summed E-state index contributed by atoms with van der Waals surface area (Å²) >= 11 is 0. The van der Waals surface area contributed by atoms with Gasteiger partial charge in [-0.1, -0.05) is 38.1 Å². The van der Waals surface area contributed by atoms with Gasteiger partial charge in [0.15, 0.2) is 0 Å². The van der Waals surface area contributed by atoms with Crippen molar-refractivity contribution in [1.82, 2.24) is 4.90 Å². The Labute approximate surface area is 121 Å². The van der Waals surface area contributed by atoms with Crippen LogP contribution >= 0.6 is 0 Å². The zero-order valence-electron chi connectivity index (χ0n) is 12.4. The Morgan fingerprint density at radius 3 is 2.45 bits per heavy atom. The van der Waals surface area contributed by atoms with Crippen LogP contribution in [0.3, 0.4) is 0 Å². The van der Waals surface area contributed by atoms with E-state index in [1.807, 2.05) is 24.3 Å². The van der Waals surface area contributed by atoms with Crippen molar-refractivity contribution in [2.24, 2.45) is 0 Å². The van der Waals surface area contributed by atoms with Crippen LogP contribution in [0.1, 0.15) is 20.3 Å². The Balaban J connectivity index is 2.00. The zero-order valence-corrected chi connectivity index (χ0v) is 12.4. The van der Waals surface area contributed by atoms with E-state index in [1.165, 1.54) is 0 Å². The molecule has 0 spiro atoms. The van der Waals surface area contributed by atoms with Crippen molar-refractivity contribution in [2.45, 2.75) is 20.3 Å². The van der Waals surface area contributed by atoms with Gasteiger partial charge in [-0.15, -0.1) is 0 Å². The number of hydrogen-bond donors (Lipinski definition) is 1. The van der Waals surface area contributed by atoms with Crippen molar-refractivity contribution >= 4 is 16.5 Å². The van der Waals surface area contributed by atoms with E-state index in [9.17, 15) is 0 Å². The minimum Gasteiger partial charge on any atom is -0.493 e. The molecule has 3 nitrogen and oxygen atoms in total. The van der Waals surface area contributed by atoms with Crippen molar-refractivity contribution in [3.63, 3.8) is 0 Å². The highest BCUT2D eigenvalue weighted by molar-refractivity contribution is 5.97. The SMILES string of the molecule is CCN(CC)CCCOc1cccc2cccc(N)c12. The van der Waals surface area contributed by atoms with Gasteiger partial charge in [0.05, 0.1) is 6.61 Å². The topological polar surface area (TPSA) is 38.5 Å². The molecule has 0 bridgehead atoms. The lowest BCUT2D eigenvalue weighted by molar-refractivity contribution is 0.250. The average molecular weight is 272 g/mol. The van der Waals surface area contributed by atoms with Crippen molar-refractivity contribution in [2.75, 3.05) is 32.0 Å². The molecule has 2 aromatic carbocycles. The summed E-state index contributed by atoms with van der Waals surface area (Å²) in [6.45, 7) is 8.37. The van der Waals surface area contributed by atoms with E-state index in [0.29, 0.717) is 0 Å².